The quantitative estimate of drug-likeness (QED) is 0.816. The van der Waals surface area contributed by atoms with E-state index in [2.05, 4.69) is 0 Å². The SMILES string of the molecule is COc1ccc(N)cc1S(=O)(=O)N(CC1CC1)C(C)C. The van der Waals surface area contributed by atoms with E-state index in [0.717, 1.165) is 12.8 Å². The summed E-state index contributed by atoms with van der Waals surface area (Å²) in [7, 11) is -2.13. The van der Waals surface area contributed by atoms with Crippen LogP contribution < -0.4 is 10.5 Å². The maximum atomic E-state index is 12.9. The fraction of sp³-hybridized carbons (Fsp3) is 0.571. The van der Waals surface area contributed by atoms with E-state index in [-0.39, 0.29) is 10.9 Å². The molecule has 0 aliphatic heterocycles. The molecule has 5 nitrogen and oxygen atoms in total. The molecule has 2 N–H and O–H groups in total. The Morgan fingerprint density at radius 2 is 2.05 bits per heavy atom. The molecule has 0 bridgehead atoms. The number of benzene rings is 1. The summed E-state index contributed by atoms with van der Waals surface area (Å²) in [6, 6.07) is 4.61. The average molecular weight is 298 g/mol. The molecular formula is C14H22N2O3S. The number of nitrogen functional groups attached to an aromatic ring is 1. The van der Waals surface area contributed by atoms with Crippen molar-refractivity contribution in [2.75, 3.05) is 19.4 Å². The Bertz CT molecular complexity index is 580. The summed E-state index contributed by atoms with van der Waals surface area (Å²) in [5.74, 6) is 0.819. The normalized spacial score (nSPS) is 15.8. The Kier molecular flexibility index (Phi) is 4.25. The molecule has 0 spiro atoms. The van der Waals surface area contributed by atoms with Gasteiger partial charge in [0.2, 0.25) is 10.0 Å². The molecule has 0 heterocycles. The molecule has 0 radical (unpaired) electrons. The van der Waals surface area contributed by atoms with E-state index in [1.54, 1.807) is 16.4 Å². The van der Waals surface area contributed by atoms with E-state index in [0.29, 0.717) is 23.9 Å². The molecule has 2 rings (SSSR count). The smallest absolute Gasteiger partial charge is 0.247 e. The van der Waals surface area contributed by atoms with Crippen LogP contribution in [-0.2, 0) is 10.0 Å². The zero-order valence-electron chi connectivity index (χ0n) is 12.2. The van der Waals surface area contributed by atoms with Gasteiger partial charge in [-0.3, -0.25) is 0 Å². The highest BCUT2D eigenvalue weighted by Crippen LogP contribution is 2.35. The molecule has 0 atom stereocenters. The van der Waals surface area contributed by atoms with Gasteiger partial charge in [0.15, 0.2) is 0 Å². The highest BCUT2D eigenvalue weighted by molar-refractivity contribution is 7.89. The standard InChI is InChI=1S/C14H22N2O3S/c1-10(2)16(9-11-4-5-11)20(17,18)14-8-12(15)6-7-13(14)19-3/h6-8,10-11H,4-5,9,15H2,1-3H3. The van der Waals surface area contributed by atoms with Gasteiger partial charge in [0, 0.05) is 18.3 Å². The Morgan fingerprint density at radius 1 is 1.40 bits per heavy atom. The summed E-state index contributed by atoms with van der Waals surface area (Å²) in [5.41, 5.74) is 6.15. The molecule has 112 valence electrons. The van der Waals surface area contributed by atoms with E-state index in [9.17, 15) is 8.42 Å². The first kappa shape index (κ1) is 15.1. The third-order valence-electron chi connectivity index (χ3n) is 3.49. The molecule has 0 saturated heterocycles. The van der Waals surface area contributed by atoms with Crippen molar-refractivity contribution < 1.29 is 13.2 Å². The van der Waals surface area contributed by atoms with Crippen LogP contribution in [0.15, 0.2) is 23.1 Å². The number of anilines is 1. The van der Waals surface area contributed by atoms with Crippen molar-refractivity contribution >= 4 is 15.7 Å². The lowest BCUT2D eigenvalue weighted by Gasteiger charge is -2.26. The summed E-state index contributed by atoms with van der Waals surface area (Å²) in [5, 5.41) is 0. The van der Waals surface area contributed by atoms with Crippen LogP contribution in [0.3, 0.4) is 0 Å². The fourth-order valence-electron chi connectivity index (χ4n) is 2.16. The van der Waals surface area contributed by atoms with Crippen LogP contribution in [0.2, 0.25) is 0 Å². The van der Waals surface area contributed by atoms with Gasteiger partial charge in [-0.15, -0.1) is 0 Å². The number of nitrogens with zero attached hydrogens (tertiary/aromatic N) is 1. The van der Waals surface area contributed by atoms with Crippen LogP contribution in [0.1, 0.15) is 26.7 Å². The maximum absolute atomic E-state index is 12.9. The van der Waals surface area contributed by atoms with Crippen molar-refractivity contribution in [3.63, 3.8) is 0 Å². The number of hydrogen-bond acceptors (Lipinski definition) is 4. The van der Waals surface area contributed by atoms with Gasteiger partial charge in [-0.1, -0.05) is 0 Å². The molecule has 20 heavy (non-hydrogen) atoms. The van der Waals surface area contributed by atoms with Crippen LogP contribution in [0.4, 0.5) is 5.69 Å². The van der Waals surface area contributed by atoms with Gasteiger partial charge in [-0.25, -0.2) is 8.42 Å². The second-order valence-corrected chi connectivity index (χ2v) is 7.38. The second-order valence-electron chi connectivity index (χ2n) is 5.52. The number of sulfonamides is 1. The summed E-state index contributed by atoms with van der Waals surface area (Å²) in [4.78, 5) is 0.148. The largest absolute Gasteiger partial charge is 0.495 e. The van der Waals surface area contributed by atoms with E-state index in [4.69, 9.17) is 10.5 Å². The number of rotatable bonds is 6. The Hall–Kier alpha value is -1.27. The molecule has 0 aromatic heterocycles. The van der Waals surface area contributed by atoms with Gasteiger partial charge < -0.3 is 10.5 Å². The minimum Gasteiger partial charge on any atom is -0.495 e. The Morgan fingerprint density at radius 3 is 2.55 bits per heavy atom. The Balaban J connectivity index is 2.43. The van der Waals surface area contributed by atoms with Crippen LogP contribution >= 0.6 is 0 Å². The third-order valence-corrected chi connectivity index (χ3v) is 5.55. The second kappa shape index (κ2) is 5.61. The minimum absolute atomic E-state index is 0.0910. The molecule has 1 aliphatic rings. The maximum Gasteiger partial charge on any atom is 0.247 e. The van der Waals surface area contributed by atoms with Crippen LogP contribution in [-0.4, -0.2) is 32.4 Å². The summed E-state index contributed by atoms with van der Waals surface area (Å²) < 4.78 is 32.4. The van der Waals surface area contributed by atoms with Crippen LogP contribution in [0.5, 0.6) is 5.75 Å². The molecule has 0 unspecified atom stereocenters. The third kappa shape index (κ3) is 3.07. The van der Waals surface area contributed by atoms with Crippen LogP contribution in [0.25, 0.3) is 0 Å². The fourth-order valence-corrected chi connectivity index (χ4v) is 4.07. The summed E-state index contributed by atoms with van der Waals surface area (Å²) in [6.45, 7) is 4.34. The zero-order chi connectivity index (χ0) is 14.9. The number of methoxy groups -OCH3 is 1. The lowest BCUT2D eigenvalue weighted by Crippen LogP contribution is -2.38. The number of nitrogens with two attached hydrogens (primary N) is 1. The minimum atomic E-state index is -3.59. The van der Waals surface area contributed by atoms with E-state index < -0.39 is 10.0 Å². The summed E-state index contributed by atoms with van der Waals surface area (Å²) in [6.07, 6.45) is 2.21. The predicted octanol–water partition coefficient (Wildman–Crippen LogP) is 2.09. The summed E-state index contributed by atoms with van der Waals surface area (Å²) >= 11 is 0. The molecule has 0 amide bonds. The molecule has 1 aliphatic carbocycles. The average Bonchev–Trinajstić information content (AvgIpc) is 3.19. The van der Waals surface area contributed by atoms with Gasteiger partial charge in [-0.05, 0) is 50.8 Å². The van der Waals surface area contributed by atoms with Crippen molar-refractivity contribution in [3.8, 4) is 5.75 Å². The lowest BCUT2D eigenvalue weighted by atomic mass is 10.3. The highest BCUT2D eigenvalue weighted by atomic mass is 32.2. The first-order valence-electron chi connectivity index (χ1n) is 6.81. The van der Waals surface area contributed by atoms with Gasteiger partial charge in [0.05, 0.1) is 7.11 Å². The monoisotopic (exact) mass is 298 g/mol. The van der Waals surface area contributed by atoms with Gasteiger partial charge >= 0.3 is 0 Å². The van der Waals surface area contributed by atoms with Crippen molar-refractivity contribution in [2.24, 2.45) is 5.92 Å². The first-order chi connectivity index (χ1) is 9.36. The topological polar surface area (TPSA) is 72.6 Å². The van der Waals surface area contributed by atoms with Gasteiger partial charge in [0.25, 0.3) is 0 Å². The number of hydrogen-bond donors (Lipinski definition) is 1. The molecule has 1 aromatic rings. The molecule has 1 fully saturated rings. The van der Waals surface area contributed by atoms with E-state index >= 15 is 0 Å². The lowest BCUT2D eigenvalue weighted by molar-refractivity contribution is 0.338. The van der Waals surface area contributed by atoms with Gasteiger partial charge in [0.1, 0.15) is 10.6 Å². The van der Waals surface area contributed by atoms with E-state index in [1.165, 1.54) is 13.2 Å². The van der Waals surface area contributed by atoms with E-state index in [1.807, 2.05) is 13.8 Å². The highest BCUT2D eigenvalue weighted by Gasteiger charge is 2.34. The zero-order valence-corrected chi connectivity index (χ0v) is 13.0. The molecule has 1 aromatic carbocycles. The molecular weight excluding hydrogens is 276 g/mol. The first-order valence-corrected chi connectivity index (χ1v) is 8.25. The predicted molar refractivity (Wildman–Crippen MR) is 79.2 cm³/mol. The van der Waals surface area contributed by atoms with Crippen LogP contribution in [0, 0.1) is 5.92 Å². The van der Waals surface area contributed by atoms with Gasteiger partial charge in [-0.2, -0.15) is 4.31 Å². The molecule has 1 saturated carbocycles. The number of ether oxygens (including phenoxy) is 1. The Labute approximate surface area is 120 Å². The van der Waals surface area contributed by atoms with Crippen molar-refractivity contribution in [2.45, 2.75) is 37.6 Å². The van der Waals surface area contributed by atoms with Crippen molar-refractivity contribution in [3.05, 3.63) is 18.2 Å². The molecule has 6 heteroatoms. The van der Waals surface area contributed by atoms with Crippen molar-refractivity contribution in [1.29, 1.82) is 0 Å². The van der Waals surface area contributed by atoms with Crippen molar-refractivity contribution in [1.82, 2.24) is 4.31 Å².